The third-order valence-electron chi connectivity index (χ3n) is 6.34. The lowest BCUT2D eigenvalue weighted by Crippen LogP contribution is -2.23. The normalized spacial score (nSPS) is 11.8. The number of benzene rings is 2. The molecular weight excluding hydrogens is 392 g/mol. The lowest BCUT2D eigenvalue weighted by Gasteiger charge is -2.31. The van der Waals surface area contributed by atoms with Crippen LogP contribution in [-0.4, -0.2) is 30.9 Å². The number of ketones is 1. The molecule has 0 bridgehead atoms. The van der Waals surface area contributed by atoms with Gasteiger partial charge < -0.3 is 14.6 Å². The number of carbonyl (C=O) groups excluding carboxylic acids is 2. The number of Topliss-reactive ketones (excluding diaryl/α,β-unsaturated/α-hetero) is 1. The molecule has 0 unspecified atom stereocenters. The molecule has 0 atom stereocenters. The van der Waals surface area contributed by atoms with Crippen LogP contribution in [0.1, 0.15) is 86.2 Å². The molecule has 0 saturated carbocycles. The number of rotatable bonds is 10. The summed E-state index contributed by atoms with van der Waals surface area (Å²) in [5.74, 6) is 0.859. The van der Waals surface area contributed by atoms with Crippen molar-refractivity contribution < 1.29 is 24.2 Å². The molecule has 0 aliphatic rings. The molecule has 1 N–H and O–H groups in total. The quantitative estimate of drug-likeness (QED) is 0.381. The fourth-order valence-corrected chi connectivity index (χ4v) is 3.31. The summed E-state index contributed by atoms with van der Waals surface area (Å²) in [4.78, 5) is 24.1. The van der Waals surface area contributed by atoms with E-state index in [4.69, 9.17) is 9.47 Å². The highest BCUT2D eigenvalue weighted by Crippen LogP contribution is 2.42. The van der Waals surface area contributed by atoms with Crippen molar-refractivity contribution in [1.82, 2.24) is 0 Å². The van der Waals surface area contributed by atoms with Gasteiger partial charge in [0.25, 0.3) is 0 Å². The Balaban J connectivity index is 2.43. The number of aldehydes is 1. The molecule has 31 heavy (non-hydrogen) atoms. The fourth-order valence-electron chi connectivity index (χ4n) is 3.31. The van der Waals surface area contributed by atoms with E-state index >= 15 is 0 Å². The molecule has 0 fully saturated rings. The van der Waals surface area contributed by atoms with E-state index in [2.05, 4.69) is 41.5 Å². The number of hydrogen-bond acceptors (Lipinski definition) is 5. The molecule has 2 aromatic rings. The Morgan fingerprint density at radius 1 is 0.968 bits per heavy atom. The predicted molar refractivity (Wildman–Crippen MR) is 123 cm³/mol. The van der Waals surface area contributed by atoms with Gasteiger partial charge in [0.2, 0.25) is 0 Å². The van der Waals surface area contributed by atoms with Crippen LogP contribution in [0.15, 0.2) is 30.3 Å². The number of ether oxygens (including phenoxy) is 2. The van der Waals surface area contributed by atoms with Gasteiger partial charge in [0.1, 0.15) is 12.0 Å². The van der Waals surface area contributed by atoms with Crippen molar-refractivity contribution in [3.63, 3.8) is 0 Å². The van der Waals surface area contributed by atoms with E-state index in [9.17, 15) is 14.7 Å². The molecule has 0 aliphatic carbocycles. The average molecular weight is 427 g/mol. The van der Waals surface area contributed by atoms with Crippen molar-refractivity contribution in [3.8, 4) is 17.2 Å². The van der Waals surface area contributed by atoms with Gasteiger partial charge in [0, 0.05) is 22.3 Å². The maximum absolute atomic E-state index is 13.1. The largest absolute Gasteiger partial charge is 0.507 e. The van der Waals surface area contributed by atoms with Crippen molar-refractivity contribution >= 4 is 12.1 Å². The van der Waals surface area contributed by atoms with Crippen LogP contribution in [0.5, 0.6) is 17.2 Å². The number of carbonyl (C=O) groups is 2. The number of aromatic hydroxyl groups is 1. The summed E-state index contributed by atoms with van der Waals surface area (Å²) in [7, 11) is 1.48. The molecule has 168 valence electrons. The van der Waals surface area contributed by atoms with Crippen molar-refractivity contribution in [1.29, 1.82) is 0 Å². The third-order valence-corrected chi connectivity index (χ3v) is 6.34. The Hall–Kier alpha value is -2.82. The smallest absolute Gasteiger partial charge is 0.200 e. The van der Waals surface area contributed by atoms with E-state index in [1.807, 2.05) is 0 Å². The van der Waals surface area contributed by atoms with E-state index in [0.717, 1.165) is 30.3 Å². The van der Waals surface area contributed by atoms with Crippen LogP contribution in [0.4, 0.5) is 0 Å². The predicted octanol–water partition coefficient (Wildman–Crippen LogP) is 5.85. The van der Waals surface area contributed by atoms with Crippen molar-refractivity contribution in [2.24, 2.45) is 0 Å². The Labute approximate surface area is 185 Å². The van der Waals surface area contributed by atoms with Gasteiger partial charge >= 0.3 is 0 Å². The number of hydrogen-bond donors (Lipinski definition) is 1. The molecule has 0 spiro atoms. The maximum Gasteiger partial charge on any atom is 0.200 e. The first kappa shape index (κ1) is 24.4. The van der Waals surface area contributed by atoms with Gasteiger partial charge in [-0.15, -0.1) is 0 Å². The van der Waals surface area contributed by atoms with Crippen LogP contribution in [-0.2, 0) is 10.8 Å². The van der Waals surface area contributed by atoms with Crippen molar-refractivity contribution in [3.05, 3.63) is 52.6 Å². The van der Waals surface area contributed by atoms with Gasteiger partial charge in [-0.1, -0.05) is 41.5 Å². The summed E-state index contributed by atoms with van der Waals surface area (Å²) in [6.07, 6.45) is 2.36. The molecular formula is C26H34O5. The number of phenols is 1. The lowest BCUT2D eigenvalue weighted by molar-refractivity contribution is 0.0918. The monoisotopic (exact) mass is 426 g/mol. The van der Waals surface area contributed by atoms with Gasteiger partial charge in [-0.2, -0.15) is 0 Å². The first-order valence-corrected chi connectivity index (χ1v) is 10.7. The highest BCUT2D eigenvalue weighted by Gasteiger charge is 2.30. The first-order chi connectivity index (χ1) is 14.5. The highest BCUT2D eigenvalue weighted by atomic mass is 16.5. The minimum atomic E-state index is -0.284. The van der Waals surface area contributed by atoms with Crippen LogP contribution in [0.2, 0.25) is 0 Å². The molecule has 2 rings (SSSR count). The summed E-state index contributed by atoms with van der Waals surface area (Å²) in [6, 6.07) is 8.36. The number of methoxy groups -OCH3 is 1. The van der Waals surface area contributed by atoms with E-state index in [1.54, 1.807) is 30.3 Å². The van der Waals surface area contributed by atoms with Crippen molar-refractivity contribution in [2.75, 3.05) is 13.7 Å². The molecule has 0 radical (unpaired) electrons. The van der Waals surface area contributed by atoms with Crippen LogP contribution in [0.3, 0.4) is 0 Å². The third kappa shape index (κ3) is 5.27. The Kier molecular flexibility index (Phi) is 7.53. The second-order valence-electron chi connectivity index (χ2n) is 9.13. The molecule has 0 aromatic heterocycles. The summed E-state index contributed by atoms with van der Waals surface area (Å²) >= 11 is 0. The fraction of sp³-hybridized carbons (Fsp3) is 0.462. The maximum atomic E-state index is 13.1. The molecule has 5 heteroatoms. The molecule has 0 saturated heterocycles. The van der Waals surface area contributed by atoms with Gasteiger partial charge in [-0.3, -0.25) is 9.59 Å². The molecule has 2 aromatic carbocycles. The zero-order chi connectivity index (χ0) is 23.4. The number of phenolic OH excluding ortho intramolecular Hbond substituents is 1. The Morgan fingerprint density at radius 2 is 1.52 bits per heavy atom. The molecule has 0 heterocycles. The van der Waals surface area contributed by atoms with Gasteiger partial charge in [-0.05, 0) is 54.0 Å². The van der Waals surface area contributed by atoms with E-state index in [0.29, 0.717) is 22.6 Å². The minimum absolute atomic E-state index is 0.181. The second kappa shape index (κ2) is 9.54. The van der Waals surface area contributed by atoms with Gasteiger partial charge in [0.05, 0.1) is 7.11 Å². The average Bonchev–Trinajstić information content (AvgIpc) is 2.76. The topological polar surface area (TPSA) is 72.8 Å². The molecule has 0 aliphatic heterocycles. The van der Waals surface area contributed by atoms with Crippen LogP contribution >= 0.6 is 0 Å². The second-order valence-corrected chi connectivity index (χ2v) is 9.13. The minimum Gasteiger partial charge on any atom is -0.507 e. The van der Waals surface area contributed by atoms with Crippen LogP contribution < -0.4 is 9.47 Å². The zero-order valence-electron chi connectivity index (χ0n) is 19.7. The summed E-state index contributed by atoms with van der Waals surface area (Å²) < 4.78 is 11.0. The summed E-state index contributed by atoms with van der Waals surface area (Å²) in [6.45, 7) is 12.2. The van der Waals surface area contributed by atoms with E-state index < -0.39 is 0 Å². The SMILES string of the molecule is CCC(C)(C)c1cc(C(=O)COc2ccc(C=O)cc2OC)cc(C(C)(C)CC)c1O. The van der Waals surface area contributed by atoms with Gasteiger partial charge in [0.15, 0.2) is 23.9 Å². The standard InChI is InChI=1S/C26H34O5/c1-8-25(3,4)19-13-18(14-20(24(19)29)26(5,6)9-2)21(28)16-31-22-11-10-17(15-27)12-23(22)30-7/h10-15,29H,8-9,16H2,1-7H3. The van der Waals surface area contributed by atoms with Gasteiger partial charge in [-0.25, -0.2) is 0 Å². The Morgan fingerprint density at radius 3 is 1.97 bits per heavy atom. The lowest BCUT2D eigenvalue weighted by atomic mass is 9.74. The van der Waals surface area contributed by atoms with Crippen LogP contribution in [0, 0.1) is 0 Å². The highest BCUT2D eigenvalue weighted by molar-refractivity contribution is 5.98. The zero-order valence-corrected chi connectivity index (χ0v) is 19.7. The van der Waals surface area contributed by atoms with E-state index in [-0.39, 0.29) is 29.0 Å². The van der Waals surface area contributed by atoms with Crippen molar-refractivity contribution in [2.45, 2.75) is 65.2 Å². The summed E-state index contributed by atoms with van der Waals surface area (Å²) in [5.41, 5.74) is 1.94. The van der Waals surface area contributed by atoms with Crippen LogP contribution in [0.25, 0.3) is 0 Å². The Bertz CT molecular complexity index is 919. The first-order valence-electron chi connectivity index (χ1n) is 10.7. The molecule has 0 amide bonds. The summed E-state index contributed by atoms with van der Waals surface area (Å²) in [5, 5.41) is 11.1. The van der Waals surface area contributed by atoms with E-state index in [1.165, 1.54) is 7.11 Å². The molecule has 5 nitrogen and oxygen atoms in total.